The topological polar surface area (TPSA) is 84.1 Å². The Kier molecular flexibility index (Phi) is 5.72. The van der Waals surface area contributed by atoms with Gasteiger partial charge in [0.2, 0.25) is 0 Å². The molecule has 2 aromatic heterocycles. The zero-order valence-corrected chi connectivity index (χ0v) is 16.6. The number of aromatic nitrogens is 2. The Hall–Kier alpha value is -2.51. The molecule has 7 heteroatoms. The van der Waals surface area contributed by atoms with Crippen molar-refractivity contribution in [3.05, 3.63) is 62.5 Å². The van der Waals surface area contributed by atoms with Gasteiger partial charge in [0.15, 0.2) is 0 Å². The number of ether oxygens (including phenoxy) is 1. The first-order chi connectivity index (χ1) is 12.9. The average molecular weight is 385 g/mol. The smallest absolute Gasteiger partial charge is 0.348 e. The number of nitrogens with zero attached hydrogens (tertiary/aromatic N) is 1. The first kappa shape index (κ1) is 19.3. The number of hydrogen-bond donors (Lipinski definition) is 2. The van der Waals surface area contributed by atoms with E-state index in [0.29, 0.717) is 33.1 Å². The molecule has 0 bridgehead atoms. The van der Waals surface area contributed by atoms with Crippen molar-refractivity contribution in [2.75, 3.05) is 6.61 Å². The predicted molar refractivity (Wildman–Crippen MR) is 107 cm³/mol. The summed E-state index contributed by atoms with van der Waals surface area (Å²) in [6.45, 7) is 7.82. The van der Waals surface area contributed by atoms with Gasteiger partial charge < -0.3 is 15.0 Å². The standard InChI is InChI=1S/C20H23N3O3S/c1-5-26-20(25)16-11(2)15-18(24)22-17(23-19(15)27-16)13(4)21-12(3)14-9-7-6-8-10-14/h6-10,12-13,21H,5H2,1-4H3,(H,22,23,24)/t12-,13-/m0/s1. The van der Waals surface area contributed by atoms with Crippen LogP contribution in [-0.2, 0) is 4.74 Å². The van der Waals surface area contributed by atoms with Gasteiger partial charge in [-0.1, -0.05) is 30.3 Å². The van der Waals surface area contributed by atoms with Crippen molar-refractivity contribution >= 4 is 27.5 Å². The third kappa shape index (κ3) is 3.94. The number of hydrogen-bond acceptors (Lipinski definition) is 6. The van der Waals surface area contributed by atoms with Gasteiger partial charge in [0.25, 0.3) is 5.56 Å². The number of carbonyl (C=O) groups excluding carboxylic acids is 1. The lowest BCUT2D eigenvalue weighted by Gasteiger charge is -2.19. The molecular formula is C20H23N3O3S. The van der Waals surface area contributed by atoms with Crippen molar-refractivity contribution < 1.29 is 9.53 Å². The summed E-state index contributed by atoms with van der Waals surface area (Å²) >= 11 is 1.20. The molecule has 1 aromatic carbocycles. The molecule has 0 aliphatic heterocycles. The normalized spacial score (nSPS) is 13.5. The number of esters is 1. The fourth-order valence-corrected chi connectivity index (χ4v) is 4.13. The summed E-state index contributed by atoms with van der Waals surface area (Å²) in [6, 6.07) is 10.0. The molecule has 0 spiro atoms. The van der Waals surface area contributed by atoms with E-state index < -0.39 is 5.97 Å². The maximum absolute atomic E-state index is 12.6. The number of nitrogens with one attached hydrogen (secondary N) is 2. The zero-order valence-electron chi connectivity index (χ0n) is 15.8. The van der Waals surface area contributed by atoms with Crippen LogP contribution in [0.5, 0.6) is 0 Å². The van der Waals surface area contributed by atoms with Gasteiger partial charge in [0.1, 0.15) is 15.5 Å². The highest BCUT2D eigenvalue weighted by Gasteiger charge is 2.21. The van der Waals surface area contributed by atoms with Crippen LogP contribution in [0, 0.1) is 6.92 Å². The third-order valence-electron chi connectivity index (χ3n) is 4.49. The lowest BCUT2D eigenvalue weighted by molar-refractivity contribution is 0.0531. The molecule has 2 heterocycles. The molecule has 6 nitrogen and oxygen atoms in total. The van der Waals surface area contributed by atoms with E-state index in [2.05, 4.69) is 34.3 Å². The molecule has 0 radical (unpaired) electrons. The molecule has 0 saturated carbocycles. The lowest BCUT2D eigenvalue weighted by Crippen LogP contribution is -2.26. The maximum atomic E-state index is 12.6. The maximum Gasteiger partial charge on any atom is 0.348 e. The highest BCUT2D eigenvalue weighted by atomic mass is 32.1. The van der Waals surface area contributed by atoms with Crippen molar-refractivity contribution in [2.45, 2.75) is 39.8 Å². The Labute approximate surface area is 161 Å². The molecule has 142 valence electrons. The highest BCUT2D eigenvalue weighted by Crippen LogP contribution is 2.28. The second kappa shape index (κ2) is 8.02. The van der Waals surface area contributed by atoms with Gasteiger partial charge in [-0.3, -0.25) is 4.79 Å². The van der Waals surface area contributed by atoms with Crippen molar-refractivity contribution in [3.63, 3.8) is 0 Å². The number of fused-ring (bicyclic) bond motifs is 1. The second-order valence-electron chi connectivity index (χ2n) is 6.43. The molecule has 0 amide bonds. The molecule has 27 heavy (non-hydrogen) atoms. The lowest BCUT2D eigenvalue weighted by atomic mass is 10.1. The molecule has 2 atom stereocenters. The first-order valence-electron chi connectivity index (χ1n) is 8.93. The monoisotopic (exact) mass is 385 g/mol. The van der Waals surface area contributed by atoms with Gasteiger partial charge in [-0.05, 0) is 38.8 Å². The number of thiophene rings is 1. The minimum absolute atomic E-state index is 0.0994. The number of aromatic amines is 1. The van der Waals surface area contributed by atoms with E-state index >= 15 is 0 Å². The molecule has 0 aliphatic carbocycles. The van der Waals surface area contributed by atoms with Gasteiger partial charge in [-0.15, -0.1) is 11.3 Å². The molecule has 0 aliphatic rings. The largest absolute Gasteiger partial charge is 0.462 e. The summed E-state index contributed by atoms with van der Waals surface area (Å²) in [5.74, 6) is 0.134. The summed E-state index contributed by atoms with van der Waals surface area (Å²) in [5.41, 5.74) is 1.54. The molecule has 3 aromatic rings. The van der Waals surface area contributed by atoms with Gasteiger partial charge in [0, 0.05) is 6.04 Å². The molecule has 2 N–H and O–H groups in total. The van der Waals surface area contributed by atoms with Crippen LogP contribution >= 0.6 is 11.3 Å². The van der Waals surface area contributed by atoms with Crippen LogP contribution in [-0.4, -0.2) is 22.5 Å². The highest BCUT2D eigenvalue weighted by molar-refractivity contribution is 7.20. The van der Waals surface area contributed by atoms with Crippen molar-refractivity contribution in [3.8, 4) is 0 Å². The predicted octanol–water partition coefficient (Wildman–Crippen LogP) is 3.88. The van der Waals surface area contributed by atoms with E-state index in [1.54, 1.807) is 13.8 Å². The third-order valence-corrected chi connectivity index (χ3v) is 5.66. The van der Waals surface area contributed by atoms with E-state index in [1.807, 2.05) is 25.1 Å². The van der Waals surface area contributed by atoms with Gasteiger partial charge >= 0.3 is 5.97 Å². The summed E-state index contributed by atoms with van der Waals surface area (Å²) in [6.07, 6.45) is 0. The molecule has 0 saturated heterocycles. The van der Waals surface area contributed by atoms with Crippen LogP contribution in [0.4, 0.5) is 0 Å². The van der Waals surface area contributed by atoms with E-state index in [1.165, 1.54) is 11.3 Å². The molecule has 3 rings (SSSR count). The average Bonchev–Trinajstić information content (AvgIpc) is 2.99. The van der Waals surface area contributed by atoms with Crippen molar-refractivity contribution in [1.29, 1.82) is 0 Å². The van der Waals surface area contributed by atoms with E-state index in [-0.39, 0.29) is 17.6 Å². The second-order valence-corrected chi connectivity index (χ2v) is 7.43. The first-order valence-corrected chi connectivity index (χ1v) is 9.75. The van der Waals surface area contributed by atoms with Crippen LogP contribution in [0.3, 0.4) is 0 Å². The molecule has 0 fully saturated rings. The van der Waals surface area contributed by atoms with Crippen LogP contribution in [0.1, 0.15) is 59.5 Å². The van der Waals surface area contributed by atoms with Gasteiger partial charge in [-0.2, -0.15) is 0 Å². The molecule has 0 unspecified atom stereocenters. The summed E-state index contributed by atoms with van der Waals surface area (Å²) in [5, 5.41) is 3.90. The van der Waals surface area contributed by atoms with Crippen molar-refractivity contribution in [2.24, 2.45) is 0 Å². The number of H-pyrrole nitrogens is 1. The zero-order chi connectivity index (χ0) is 19.6. The van der Waals surface area contributed by atoms with Crippen molar-refractivity contribution in [1.82, 2.24) is 15.3 Å². The Bertz CT molecular complexity index is 1010. The Morgan fingerprint density at radius 1 is 1.26 bits per heavy atom. The molecular weight excluding hydrogens is 362 g/mol. The fraction of sp³-hybridized carbons (Fsp3) is 0.350. The quantitative estimate of drug-likeness (QED) is 0.629. The van der Waals surface area contributed by atoms with Crippen LogP contribution < -0.4 is 10.9 Å². The van der Waals surface area contributed by atoms with E-state index in [4.69, 9.17) is 4.74 Å². The van der Waals surface area contributed by atoms with Crippen LogP contribution in [0.2, 0.25) is 0 Å². The SMILES string of the molecule is CCOC(=O)c1sc2nc([C@H](C)N[C@@H](C)c3ccccc3)[nH]c(=O)c2c1C. The summed E-state index contributed by atoms with van der Waals surface area (Å²) in [7, 11) is 0. The van der Waals surface area contributed by atoms with E-state index in [9.17, 15) is 9.59 Å². The van der Waals surface area contributed by atoms with Crippen LogP contribution in [0.25, 0.3) is 10.2 Å². The minimum atomic E-state index is -0.414. The van der Waals surface area contributed by atoms with Gasteiger partial charge in [-0.25, -0.2) is 9.78 Å². The minimum Gasteiger partial charge on any atom is -0.462 e. The Morgan fingerprint density at radius 2 is 1.96 bits per heavy atom. The van der Waals surface area contributed by atoms with Crippen LogP contribution in [0.15, 0.2) is 35.1 Å². The number of aryl methyl sites for hydroxylation is 1. The fourth-order valence-electron chi connectivity index (χ4n) is 3.05. The number of carbonyl (C=O) groups is 1. The Balaban J connectivity index is 1.91. The summed E-state index contributed by atoms with van der Waals surface area (Å²) < 4.78 is 5.08. The number of rotatable bonds is 6. The van der Waals surface area contributed by atoms with E-state index in [0.717, 1.165) is 5.56 Å². The Morgan fingerprint density at radius 3 is 2.63 bits per heavy atom. The van der Waals surface area contributed by atoms with Gasteiger partial charge in [0.05, 0.1) is 18.0 Å². The number of benzene rings is 1. The summed E-state index contributed by atoms with van der Waals surface area (Å²) in [4.78, 5) is 33.1.